The van der Waals surface area contributed by atoms with E-state index in [-0.39, 0.29) is 12.3 Å². The molecule has 1 aliphatic rings. The minimum absolute atomic E-state index is 0.248. The average molecular weight is 250 g/mol. The van der Waals surface area contributed by atoms with Crippen LogP contribution in [0.15, 0.2) is 30.3 Å². The van der Waals surface area contributed by atoms with Crippen molar-refractivity contribution in [1.82, 2.24) is 10.2 Å². The SMILES string of the molecule is COC1CNCCN1C(=O)OCc1ccccc1. The molecule has 1 aromatic rings. The van der Waals surface area contributed by atoms with Crippen LogP contribution in [-0.2, 0) is 16.1 Å². The van der Waals surface area contributed by atoms with Gasteiger partial charge in [-0.05, 0) is 5.56 Å². The zero-order chi connectivity index (χ0) is 12.8. The zero-order valence-electron chi connectivity index (χ0n) is 10.5. The van der Waals surface area contributed by atoms with E-state index in [4.69, 9.17) is 9.47 Å². The minimum atomic E-state index is -0.327. The van der Waals surface area contributed by atoms with Crippen LogP contribution < -0.4 is 5.32 Å². The quantitative estimate of drug-likeness (QED) is 0.876. The van der Waals surface area contributed by atoms with Crippen molar-refractivity contribution in [1.29, 1.82) is 0 Å². The summed E-state index contributed by atoms with van der Waals surface area (Å²) in [6.07, 6.45) is -0.575. The van der Waals surface area contributed by atoms with Crippen molar-refractivity contribution in [3.05, 3.63) is 35.9 Å². The van der Waals surface area contributed by atoms with Crippen LogP contribution in [0.3, 0.4) is 0 Å². The van der Waals surface area contributed by atoms with Gasteiger partial charge in [-0.3, -0.25) is 4.90 Å². The van der Waals surface area contributed by atoms with E-state index in [0.717, 1.165) is 12.1 Å². The summed E-state index contributed by atoms with van der Waals surface area (Å²) in [5.74, 6) is 0. The molecule has 98 valence electrons. The molecule has 1 unspecified atom stereocenters. The van der Waals surface area contributed by atoms with E-state index >= 15 is 0 Å². The molecule has 0 radical (unpaired) electrons. The molecule has 0 spiro atoms. The van der Waals surface area contributed by atoms with Crippen LogP contribution in [0, 0.1) is 0 Å². The van der Waals surface area contributed by atoms with Crippen LogP contribution in [-0.4, -0.2) is 44.0 Å². The molecule has 1 heterocycles. The van der Waals surface area contributed by atoms with Crippen LogP contribution in [0.5, 0.6) is 0 Å². The molecule has 0 bridgehead atoms. The predicted octanol–water partition coefficient (Wildman–Crippen LogP) is 1.20. The Bertz CT molecular complexity index is 383. The van der Waals surface area contributed by atoms with E-state index in [2.05, 4.69) is 5.32 Å². The third-order valence-corrected chi connectivity index (χ3v) is 2.91. The predicted molar refractivity (Wildman–Crippen MR) is 67.0 cm³/mol. The lowest BCUT2D eigenvalue weighted by Gasteiger charge is -2.34. The molecule has 0 saturated carbocycles. The summed E-state index contributed by atoms with van der Waals surface area (Å²) in [7, 11) is 1.59. The third kappa shape index (κ3) is 3.21. The Kier molecular flexibility index (Phi) is 4.55. The Morgan fingerprint density at radius 2 is 2.22 bits per heavy atom. The molecule has 5 nitrogen and oxygen atoms in total. The molecule has 1 aliphatic heterocycles. The van der Waals surface area contributed by atoms with Gasteiger partial charge in [0.15, 0.2) is 0 Å². The highest BCUT2D eigenvalue weighted by Crippen LogP contribution is 2.08. The second-order valence-corrected chi connectivity index (χ2v) is 4.13. The largest absolute Gasteiger partial charge is 0.444 e. The first kappa shape index (κ1) is 12.9. The number of rotatable bonds is 3. The zero-order valence-corrected chi connectivity index (χ0v) is 10.5. The molecule has 1 N–H and O–H groups in total. The molecular formula is C13H18N2O3. The van der Waals surface area contributed by atoms with E-state index in [0.29, 0.717) is 19.7 Å². The van der Waals surface area contributed by atoms with E-state index in [9.17, 15) is 4.79 Å². The van der Waals surface area contributed by atoms with Crippen LogP contribution in [0.25, 0.3) is 0 Å². The average Bonchev–Trinajstić information content (AvgIpc) is 2.45. The number of ether oxygens (including phenoxy) is 2. The fourth-order valence-electron chi connectivity index (χ4n) is 1.90. The molecule has 18 heavy (non-hydrogen) atoms. The summed E-state index contributed by atoms with van der Waals surface area (Å²) in [6.45, 7) is 2.30. The van der Waals surface area contributed by atoms with Gasteiger partial charge in [-0.2, -0.15) is 0 Å². The summed E-state index contributed by atoms with van der Waals surface area (Å²) in [6, 6.07) is 9.64. The van der Waals surface area contributed by atoms with Crippen molar-refractivity contribution < 1.29 is 14.3 Å². The topological polar surface area (TPSA) is 50.8 Å². The monoisotopic (exact) mass is 250 g/mol. The number of hydrogen-bond donors (Lipinski definition) is 1. The number of carbonyl (C=O) groups excluding carboxylic acids is 1. The fourth-order valence-corrected chi connectivity index (χ4v) is 1.90. The van der Waals surface area contributed by atoms with Gasteiger partial charge in [0.05, 0.1) is 0 Å². The molecule has 0 aliphatic carbocycles. The molecular weight excluding hydrogens is 232 g/mol. The smallest absolute Gasteiger partial charge is 0.412 e. The number of methoxy groups -OCH3 is 1. The molecule has 1 atom stereocenters. The Hall–Kier alpha value is -1.59. The van der Waals surface area contributed by atoms with E-state index < -0.39 is 0 Å². The van der Waals surface area contributed by atoms with E-state index in [1.54, 1.807) is 12.0 Å². The Morgan fingerprint density at radius 1 is 1.44 bits per heavy atom. The maximum absolute atomic E-state index is 11.9. The van der Waals surface area contributed by atoms with Crippen molar-refractivity contribution >= 4 is 6.09 Å². The second-order valence-electron chi connectivity index (χ2n) is 4.13. The summed E-state index contributed by atoms with van der Waals surface area (Å²) < 4.78 is 10.5. The van der Waals surface area contributed by atoms with E-state index in [1.165, 1.54) is 0 Å². The Labute approximate surface area is 107 Å². The summed E-state index contributed by atoms with van der Waals surface area (Å²) in [5.41, 5.74) is 0.981. The minimum Gasteiger partial charge on any atom is -0.444 e. The standard InChI is InChI=1S/C13H18N2O3/c1-17-12-9-14-7-8-15(12)13(16)18-10-11-5-3-2-4-6-11/h2-6,12,14H,7-10H2,1H3. The van der Waals surface area contributed by atoms with Gasteiger partial charge in [0.1, 0.15) is 12.8 Å². The maximum atomic E-state index is 11.9. The Morgan fingerprint density at radius 3 is 2.94 bits per heavy atom. The first-order chi connectivity index (χ1) is 8.81. The number of piperazine rings is 1. The highest BCUT2D eigenvalue weighted by Gasteiger charge is 2.27. The van der Waals surface area contributed by atoms with Crippen molar-refractivity contribution in [2.24, 2.45) is 0 Å². The number of nitrogens with zero attached hydrogens (tertiary/aromatic N) is 1. The van der Waals surface area contributed by atoms with Crippen molar-refractivity contribution in [3.63, 3.8) is 0 Å². The number of benzene rings is 1. The lowest BCUT2D eigenvalue weighted by molar-refractivity contribution is -0.0417. The lowest BCUT2D eigenvalue weighted by Crippen LogP contribution is -2.54. The third-order valence-electron chi connectivity index (χ3n) is 2.91. The van der Waals surface area contributed by atoms with Gasteiger partial charge in [-0.15, -0.1) is 0 Å². The van der Waals surface area contributed by atoms with Crippen molar-refractivity contribution in [3.8, 4) is 0 Å². The van der Waals surface area contributed by atoms with E-state index in [1.807, 2.05) is 30.3 Å². The molecule has 2 rings (SSSR count). The van der Waals surface area contributed by atoms with Crippen molar-refractivity contribution in [2.75, 3.05) is 26.7 Å². The normalized spacial score (nSPS) is 19.6. The Balaban J connectivity index is 1.87. The molecule has 0 aromatic heterocycles. The van der Waals surface area contributed by atoms with Crippen LogP contribution in [0.1, 0.15) is 5.56 Å². The number of carbonyl (C=O) groups is 1. The number of amides is 1. The highest BCUT2D eigenvalue weighted by molar-refractivity contribution is 5.68. The molecule has 1 aromatic carbocycles. The number of hydrogen-bond acceptors (Lipinski definition) is 4. The van der Waals surface area contributed by atoms with Gasteiger partial charge in [-0.25, -0.2) is 4.79 Å². The van der Waals surface area contributed by atoms with Crippen LogP contribution in [0.2, 0.25) is 0 Å². The fraction of sp³-hybridized carbons (Fsp3) is 0.462. The summed E-state index contributed by atoms with van der Waals surface area (Å²) in [4.78, 5) is 13.5. The maximum Gasteiger partial charge on any atom is 0.412 e. The second kappa shape index (κ2) is 6.37. The molecule has 1 amide bonds. The van der Waals surface area contributed by atoms with Gasteiger partial charge in [0.2, 0.25) is 0 Å². The highest BCUT2D eigenvalue weighted by atomic mass is 16.6. The van der Waals surface area contributed by atoms with Gasteiger partial charge >= 0.3 is 6.09 Å². The van der Waals surface area contributed by atoms with Gasteiger partial charge in [0, 0.05) is 26.7 Å². The lowest BCUT2D eigenvalue weighted by atomic mass is 10.2. The number of nitrogens with one attached hydrogen (secondary N) is 1. The van der Waals surface area contributed by atoms with Crippen molar-refractivity contribution in [2.45, 2.75) is 12.8 Å². The summed E-state index contributed by atoms with van der Waals surface area (Å²) >= 11 is 0. The van der Waals surface area contributed by atoms with Gasteiger partial charge in [-0.1, -0.05) is 30.3 Å². The first-order valence-corrected chi connectivity index (χ1v) is 6.02. The molecule has 5 heteroatoms. The van der Waals surface area contributed by atoms with Crippen LogP contribution in [0.4, 0.5) is 4.79 Å². The van der Waals surface area contributed by atoms with Gasteiger partial charge in [0.25, 0.3) is 0 Å². The summed E-state index contributed by atoms with van der Waals surface area (Å²) in [5, 5.41) is 3.17. The first-order valence-electron chi connectivity index (χ1n) is 6.02. The molecule has 1 saturated heterocycles. The van der Waals surface area contributed by atoms with Gasteiger partial charge < -0.3 is 14.8 Å². The van der Waals surface area contributed by atoms with Crippen LogP contribution >= 0.6 is 0 Å². The molecule has 1 fully saturated rings.